The van der Waals surface area contributed by atoms with Crippen molar-refractivity contribution in [1.29, 1.82) is 0 Å². The van der Waals surface area contributed by atoms with Crippen molar-refractivity contribution in [2.45, 2.75) is 12.1 Å². The summed E-state index contributed by atoms with van der Waals surface area (Å²) in [4.78, 5) is 0. The van der Waals surface area contributed by atoms with Crippen LogP contribution in [0.5, 0.6) is 0 Å². The number of aromatic nitrogens is 3. The molecular weight excluding hydrogens is 162 g/mol. The molecule has 0 amide bonds. The molecule has 0 spiro atoms. The first-order valence-electron chi connectivity index (χ1n) is 3.15. The van der Waals surface area contributed by atoms with Crippen LogP contribution >= 0.6 is 11.8 Å². The summed E-state index contributed by atoms with van der Waals surface area (Å²) in [5.74, 6) is 1.23. The van der Waals surface area contributed by atoms with Crippen LogP contribution in [0.15, 0.2) is 10.3 Å². The Morgan fingerprint density at radius 1 is 1.55 bits per heavy atom. The van der Waals surface area contributed by atoms with E-state index < -0.39 is 0 Å². The third kappa shape index (κ3) is 0.988. The van der Waals surface area contributed by atoms with Gasteiger partial charge < -0.3 is 5.73 Å². The second-order valence-electron chi connectivity index (χ2n) is 2.28. The average Bonchev–Trinajstić information content (AvgIpc) is 2.33. The molecule has 58 valence electrons. The monoisotopic (exact) mass is 169 g/mol. The summed E-state index contributed by atoms with van der Waals surface area (Å²) in [6.07, 6.45) is 0. The summed E-state index contributed by atoms with van der Waals surface area (Å²) in [5, 5.41) is 12.5. The molecule has 6 heteroatoms. The maximum Gasteiger partial charge on any atom is 0.243 e. The zero-order valence-electron chi connectivity index (χ0n) is 5.98. The maximum atomic E-state index is 5.49. The Hall–Kier alpha value is -1.04. The molecule has 0 saturated heterocycles. The summed E-state index contributed by atoms with van der Waals surface area (Å²) in [5.41, 5.74) is 6.53. The van der Waals surface area contributed by atoms with E-state index in [0.29, 0.717) is 5.95 Å². The van der Waals surface area contributed by atoms with Crippen molar-refractivity contribution in [1.82, 2.24) is 14.9 Å². The standard InChI is InChI=1S/C5H7N5S/c1-3-2-11-5-8-7-4(6)10(5)9-3/h2H2,1H3,(H2,6,7). The molecule has 1 aliphatic rings. The molecule has 2 heterocycles. The van der Waals surface area contributed by atoms with Gasteiger partial charge in [-0.05, 0) is 6.92 Å². The fourth-order valence-electron chi connectivity index (χ4n) is 0.829. The fraction of sp³-hybridized carbons (Fsp3) is 0.400. The van der Waals surface area contributed by atoms with Crippen LogP contribution in [0.25, 0.3) is 0 Å². The molecule has 0 saturated carbocycles. The van der Waals surface area contributed by atoms with Gasteiger partial charge in [0.05, 0.1) is 0 Å². The highest BCUT2D eigenvalue weighted by molar-refractivity contribution is 7.99. The number of thioether (sulfide) groups is 1. The Kier molecular flexibility index (Phi) is 1.35. The van der Waals surface area contributed by atoms with Gasteiger partial charge in [-0.15, -0.1) is 10.2 Å². The number of nitrogens with zero attached hydrogens (tertiary/aromatic N) is 4. The minimum atomic E-state index is 0.353. The molecule has 2 rings (SSSR count). The van der Waals surface area contributed by atoms with Crippen LogP contribution in [0, 0.1) is 0 Å². The Balaban J connectivity index is 2.55. The second kappa shape index (κ2) is 2.23. The lowest BCUT2D eigenvalue weighted by molar-refractivity contribution is 0.763. The first-order chi connectivity index (χ1) is 5.27. The van der Waals surface area contributed by atoms with Crippen molar-refractivity contribution in [3.63, 3.8) is 0 Å². The number of hydrogen-bond acceptors (Lipinski definition) is 5. The number of hydrogen-bond donors (Lipinski definition) is 1. The van der Waals surface area contributed by atoms with E-state index >= 15 is 0 Å². The topological polar surface area (TPSA) is 69.1 Å². The van der Waals surface area contributed by atoms with E-state index in [2.05, 4.69) is 15.3 Å². The highest BCUT2D eigenvalue weighted by Crippen LogP contribution is 2.21. The van der Waals surface area contributed by atoms with E-state index in [4.69, 9.17) is 5.73 Å². The quantitative estimate of drug-likeness (QED) is 0.602. The molecule has 1 aromatic heterocycles. The van der Waals surface area contributed by atoms with Crippen LogP contribution in [-0.4, -0.2) is 26.3 Å². The summed E-state index contributed by atoms with van der Waals surface area (Å²) in [7, 11) is 0. The molecule has 0 aromatic carbocycles. The molecule has 0 fully saturated rings. The van der Waals surface area contributed by atoms with Gasteiger partial charge in [0.15, 0.2) is 0 Å². The summed E-state index contributed by atoms with van der Waals surface area (Å²) in [6, 6.07) is 0. The SMILES string of the molecule is CC1=Nn2c(N)nnc2SC1. The summed E-state index contributed by atoms with van der Waals surface area (Å²) < 4.78 is 1.56. The van der Waals surface area contributed by atoms with Gasteiger partial charge in [-0.2, -0.15) is 9.78 Å². The zero-order chi connectivity index (χ0) is 7.84. The third-order valence-corrected chi connectivity index (χ3v) is 2.39. The predicted octanol–water partition coefficient (Wildman–Crippen LogP) is 0.190. The first-order valence-corrected chi connectivity index (χ1v) is 4.14. The van der Waals surface area contributed by atoms with E-state index in [1.165, 1.54) is 0 Å². The normalized spacial score (nSPS) is 15.9. The molecule has 2 N–H and O–H groups in total. The third-order valence-electron chi connectivity index (χ3n) is 1.32. The van der Waals surface area contributed by atoms with Gasteiger partial charge in [-0.1, -0.05) is 11.8 Å². The van der Waals surface area contributed by atoms with Gasteiger partial charge in [0.25, 0.3) is 0 Å². The number of rotatable bonds is 0. The molecule has 0 aliphatic carbocycles. The van der Waals surface area contributed by atoms with Crippen LogP contribution in [0.4, 0.5) is 5.95 Å². The first kappa shape index (κ1) is 6.66. The Morgan fingerprint density at radius 3 is 3.18 bits per heavy atom. The van der Waals surface area contributed by atoms with Crippen molar-refractivity contribution in [3.8, 4) is 0 Å². The molecule has 1 aliphatic heterocycles. The van der Waals surface area contributed by atoms with Gasteiger partial charge >= 0.3 is 0 Å². The van der Waals surface area contributed by atoms with Crippen LogP contribution in [-0.2, 0) is 0 Å². The lowest BCUT2D eigenvalue weighted by Gasteiger charge is -2.08. The van der Waals surface area contributed by atoms with Gasteiger partial charge in [-0.3, -0.25) is 0 Å². The van der Waals surface area contributed by atoms with E-state index in [1.54, 1.807) is 16.4 Å². The smallest absolute Gasteiger partial charge is 0.243 e. The number of nitrogen functional groups attached to an aromatic ring is 1. The number of nitrogens with two attached hydrogens (primary N) is 1. The molecule has 0 bridgehead atoms. The van der Waals surface area contributed by atoms with Crippen molar-refractivity contribution in [2.24, 2.45) is 5.10 Å². The minimum absolute atomic E-state index is 0.353. The Morgan fingerprint density at radius 2 is 2.36 bits per heavy atom. The van der Waals surface area contributed by atoms with Crippen molar-refractivity contribution in [3.05, 3.63) is 0 Å². The molecular formula is C5H7N5S. The van der Waals surface area contributed by atoms with Crippen molar-refractivity contribution >= 4 is 23.4 Å². The lowest BCUT2D eigenvalue weighted by Crippen LogP contribution is -2.09. The van der Waals surface area contributed by atoms with Crippen LogP contribution in [0.1, 0.15) is 6.92 Å². The fourth-order valence-corrected chi connectivity index (χ4v) is 1.58. The van der Waals surface area contributed by atoms with Crippen molar-refractivity contribution in [2.75, 3.05) is 11.5 Å². The average molecular weight is 169 g/mol. The van der Waals surface area contributed by atoms with E-state index in [1.807, 2.05) is 6.92 Å². The van der Waals surface area contributed by atoms with Gasteiger partial charge in [0, 0.05) is 11.5 Å². The highest BCUT2D eigenvalue weighted by Gasteiger charge is 2.14. The maximum absolute atomic E-state index is 5.49. The van der Waals surface area contributed by atoms with E-state index in [-0.39, 0.29) is 0 Å². The van der Waals surface area contributed by atoms with Crippen LogP contribution < -0.4 is 5.73 Å². The molecule has 1 aromatic rings. The predicted molar refractivity (Wildman–Crippen MR) is 43.7 cm³/mol. The molecule has 0 atom stereocenters. The molecule has 11 heavy (non-hydrogen) atoms. The van der Waals surface area contributed by atoms with Crippen molar-refractivity contribution < 1.29 is 0 Å². The highest BCUT2D eigenvalue weighted by atomic mass is 32.2. The molecule has 0 unspecified atom stereocenters. The summed E-state index contributed by atoms with van der Waals surface area (Å²) in [6.45, 7) is 1.95. The Bertz CT molecular complexity index is 315. The minimum Gasteiger partial charge on any atom is -0.366 e. The second-order valence-corrected chi connectivity index (χ2v) is 3.22. The van der Waals surface area contributed by atoms with E-state index in [0.717, 1.165) is 16.6 Å². The van der Waals surface area contributed by atoms with Gasteiger partial charge in [0.2, 0.25) is 11.1 Å². The van der Waals surface area contributed by atoms with Crippen LogP contribution in [0.2, 0.25) is 0 Å². The lowest BCUT2D eigenvalue weighted by atomic mass is 10.5. The van der Waals surface area contributed by atoms with Gasteiger partial charge in [0.1, 0.15) is 0 Å². The largest absolute Gasteiger partial charge is 0.366 e. The number of fused-ring (bicyclic) bond motifs is 1. The molecule has 5 nitrogen and oxygen atoms in total. The zero-order valence-corrected chi connectivity index (χ0v) is 6.80. The Labute approximate surface area is 67.7 Å². The summed E-state index contributed by atoms with van der Waals surface area (Å²) >= 11 is 1.60. The molecule has 0 radical (unpaired) electrons. The number of anilines is 1. The van der Waals surface area contributed by atoms with Crippen LogP contribution in [0.3, 0.4) is 0 Å². The van der Waals surface area contributed by atoms with E-state index in [9.17, 15) is 0 Å². The van der Waals surface area contributed by atoms with Gasteiger partial charge in [-0.25, -0.2) is 0 Å².